The first-order chi connectivity index (χ1) is 12.4. The van der Waals surface area contributed by atoms with Crippen molar-refractivity contribution in [3.63, 3.8) is 0 Å². The Morgan fingerprint density at radius 1 is 1.19 bits per heavy atom. The minimum Gasteiger partial charge on any atom is -0.352 e. The van der Waals surface area contributed by atoms with Crippen molar-refractivity contribution >= 4 is 41.0 Å². The van der Waals surface area contributed by atoms with E-state index in [1.54, 1.807) is 18.2 Å². The summed E-state index contributed by atoms with van der Waals surface area (Å²) >= 11 is 11.9. The number of hydrogen-bond acceptors (Lipinski definition) is 3. The summed E-state index contributed by atoms with van der Waals surface area (Å²) in [6.45, 7) is 0.339. The molecule has 1 aliphatic carbocycles. The van der Waals surface area contributed by atoms with E-state index in [9.17, 15) is 14.4 Å². The maximum Gasteiger partial charge on any atom is 0.325 e. The van der Waals surface area contributed by atoms with E-state index in [1.165, 1.54) is 4.90 Å². The Morgan fingerprint density at radius 2 is 1.92 bits per heavy atom. The Morgan fingerprint density at radius 3 is 2.62 bits per heavy atom. The summed E-state index contributed by atoms with van der Waals surface area (Å²) in [5.41, 5.74) is 0.00315. The normalized spacial score (nSPS) is 18.9. The number of nitrogens with zero attached hydrogens (tertiary/aromatic N) is 1. The maximum atomic E-state index is 12.6. The zero-order chi connectivity index (χ0) is 18.7. The van der Waals surface area contributed by atoms with Crippen molar-refractivity contribution in [3.05, 3.63) is 33.8 Å². The number of urea groups is 1. The standard InChI is InChI=1S/C18H21Cl2N3O3/c19-13-5-4-12(14(20)10-13)11-21-15(24)6-9-23-16(25)18(22-17(23)26)7-2-1-3-8-18/h4-5,10H,1-3,6-9,11H2,(H,21,24)(H,22,26). The molecule has 0 unspecified atom stereocenters. The quantitative estimate of drug-likeness (QED) is 0.748. The average Bonchev–Trinajstić information content (AvgIpc) is 2.83. The van der Waals surface area contributed by atoms with E-state index in [1.807, 2.05) is 0 Å². The number of carbonyl (C=O) groups is 3. The molecule has 1 aliphatic heterocycles. The molecular weight excluding hydrogens is 377 g/mol. The topological polar surface area (TPSA) is 78.5 Å². The second kappa shape index (κ2) is 7.84. The van der Waals surface area contributed by atoms with E-state index in [-0.39, 0.29) is 31.3 Å². The molecule has 1 heterocycles. The summed E-state index contributed by atoms with van der Waals surface area (Å²) in [4.78, 5) is 38.1. The fourth-order valence-corrected chi connectivity index (χ4v) is 4.01. The van der Waals surface area contributed by atoms with Crippen molar-refractivity contribution in [2.75, 3.05) is 6.54 Å². The lowest BCUT2D eigenvalue weighted by Crippen LogP contribution is -2.48. The molecule has 3 rings (SSSR count). The SMILES string of the molecule is O=C(CCN1C(=O)NC2(CCCCC2)C1=O)NCc1ccc(Cl)cc1Cl. The fraction of sp³-hybridized carbons (Fsp3) is 0.500. The van der Waals surface area contributed by atoms with Gasteiger partial charge < -0.3 is 10.6 Å². The van der Waals surface area contributed by atoms with E-state index in [4.69, 9.17) is 23.2 Å². The van der Waals surface area contributed by atoms with Crippen LogP contribution >= 0.6 is 23.2 Å². The highest BCUT2D eigenvalue weighted by atomic mass is 35.5. The van der Waals surface area contributed by atoms with E-state index in [0.717, 1.165) is 24.8 Å². The zero-order valence-corrected chi connectivity index (χ0v) is 15.8. The fourth-order valence-electron chi connectivity index (χ4n) is 3.53. The highest BCUT2D eigenvalue weighted by Crippen LogP contribution is 2.33. The van der Waals surface area contributed by atoms with Crippen molar-refractivity contribution in [3.8, 4) is 0 Å². The van der Waals surface area contributed by atoms with Gasteiger partial charge in [0.2, 0.25) is 5.91 Å². The molecule has 1 aromatic rings. The van der Waals surface area contributed by atoms with Gasteiger partial charge in [-0.3, -0.25) is 14.5 Å². The molecule has 2 N–H and O–H groups in total. The van der Waals surface area contributed by atoms with Crippen LogP contribution in [0.2, 0.25) is 10.0 Å². The Kier molecular flexibility index (Phi) is 5.73. The molecule has 2 fully saturated rings. The molecule has 2 aliphatic rings. The summed E-state index contributed by atoms with van der Waals surface area (Å²) in [6, 6.07) is 4.66. The molecular formula is C18H21Cl2N3O3. The zero-order valence-electron chi connectivity index (χ0n) is 14.3. The van der Waals surface area contributed by atoms with Gasteiger partial charge in [-0.2, -0.15) is 0 Å². The minimum atomic E-state index is -0.747. The highest BCUT2D eigenvalue weighted by Gasteiger charge is 2.50. The molecule has 1 spiro atoms. The Hall–Kier alpha value is -1.79. The van der Waals surface area contributed by atoms with Gasteiger partial charge in [0.1, 0.15) is 5.54 Å². The number of imide groups is 1. The third kappa shape index (κ3) is 3.96. The number of benzene rings is 1. The molecule has 0 atom stereocenters. The van der Waals surface area contributed by atoms with Crippen molar-refractivity contribution in [2.24, 2.45) is 0 Å². The lowest BCUT2D eigenvalue weighted by molar-refractivity contribution is -0.132. The van der Waals surface area contributed by atoms with Crippen LogP contribution in [0.5, 0.6) is 0 Å². The molecule has 0 bridgehead atoms. The molecule has 26 heavy (non-hydrogen) atoms. The second-order valence-electron chi connectivity index (χ2n) is 6.79. The first-order valence-electron chi connectivity index (χ1n) is 8.76. The molecule has 8 heteroatoms. The molecule has 0 aromatic heterocycles. The summed E-state index contributed by atoms with van der Waals surface area (Å²) in [6.07, 6.45) is 4.36. The number of hydrogen-bond donors (Lipinski definition) is 2. The maximum absolute atomic E-state index is 12.6. The Bertz CT molecular complexity index is 732. The molecule has 140 valence electrons. The number of nitrogens with one attached hydrogen (secondary N) is 2. The lowest BCUT2D eigenvalue weighted by Gasteiger charge is -2.30. The van der Waals surface area contributed by atoms with Crippen LogP contribution in [-0.4, -0.2) is 34.8 Å². The first-order valence-corrected chi connectivity index (χ1v) is 9.52. The summed E-state index contributed by atoms with van der Waals surface area (Å²) in [5.74, 6) is -0.447. The van der Waals surface area contributed by atoms with Gasteiger partial charge in [0.05, 0.1) is 0 Å². The average molecular weight is 398 g/mol. The van der Waals surface area contributed by atoms with Gasteiger partial charge in [-0.1, -0.05) is 48.5 Å². The molecule has 1 aromatic carbocycles. The summed E-state index contributed by atoms with van der Waals surface area (Å²) in [7, 11) is 0. The van der Waals surface area contributed by atoms with Crippen LogP contribution in [0.1, 0.15) is 44.1 Å². The van der Waals surface area contributed by atoms with Crippen LogP contribution in [0, 0.1) is 0 Å². The monoisotopic (exact) mass is 397 g/mol. The highest BCUT2D eigenvalue weighted by molar-refractivity contribution is 6.35. The largest absolute Gasteiger partial charge is 0.352 e. The summed E-state index contributed by atoms with van der Waals surface area (Å²) in [5, 5.41) is 6.59. The van der Waals surface area contributed by atoms with E-state index in [2.05, 4.69) is 10.6 Å². The van der Waals surface area contributed by atoms with Crippen LogP contribution in [-0.2, 0) is 16.1 Å². The van der Waals surface area contributed by atoms with Gasteiger partial charge in [-0.25, -0.2) is 4.79 Å². The van der Waals surface area contributed by atoms with Crippen molar-refractivity contribution < 1.29 is 14.4 Å². The minimum absolute atomic E-state index is 0.0560. The van der Waals surface area contributed by atoms with Gasteiger partial charge in [-0.05, 0) is 30.5 Å². The van der Waals surface area contributed by atoms with E-state index < -0.39 is 11.6 Å². The van der Waals surface area contributed by atoms with Crippen LogP contribution < -0.4 is 10.6 Å². The van der Waals surface area contributed by atoms with Crippen LogP contribution in [0.15, 0.2) is 18.2 Å². The number of halogens is 2. The van der Waals surface area contributed by atoms with E-state index in [0.29, 0.717) is 22.9 Å². The van der Waals surface area contributed by atoms with Crippen LogP contribution in [0.3, 0.4) is 0 Å². The number of rotatable bonds is 5. The molecule has 4 amide bonds. The van der Waals surface area contributed by atoms with Gasteiger partial charge in [0, 0.05) is 29.6 Å². The lowest BCUT2D eigenvalue weighted by atomic mass is 9.82. The summed E-state index contributed by atoms with van der Waals surface area (Å²) < 4.78 is 0. The van der Waals surface area contributed by atoms with Crippen molar-refractivity contribution in [1.29, 1.82) is 0 Å². The predicted molar refractivity (Wildman–Crippen MR) is 99.0 cm³/mol. The van der Waals surface area contributed by atoms with Gasteiger partial charge >= 0.3 is 6.03 Å². The number of amides is 4. The van der Waals surface area contributed by atoms with Crippen molar-refractivity contribution in [1.82, 2.24) is 15.5 Å². The number of carbonyl (C=O) groups excluding carboxylic acids is 3. The first kappa shape index (κ1) is 19.0. The molecule has 1 saturated carbocycles. The van der Waals surface area contributed by atoms with Gasteiger partial charge in [-0.15, -0.1) is 0 Å². The van der Waals surface area contributed by atoms with Gasteiger partial charge in [0.15, 0.2) is 0 Å². The molecule has 6 nitrogen and oxygen atoms in total. The third-order valence-corrected chi connectivity index (χ3v) is 5.59. The van der Waals surface area contributed by atoms with Crippen molar-refractivity contribution in [2.45, 2.75) is 50.6 Å². The second-order valence-corrected chi connectivity index (χ2v) is 7.64. The predicted octanol–water partition coefficient (Wildman–Crippen LogP) is 3.25. The smallest absolute Gasteiger partial charge is 0.325 e. The molecule has 0 radical (unpaired) electrons. The van der Waals surface area contributed by atoms with Crippen LogP contribution in [0.25, 0.3) is 0 Å². The Balaban J connectivity index is 1.51. The van der Waals surface area contributed by atoms with Gasteiger partial charge in [0.25, 0.3) is 5.91 Å². The Labute approximate surface area is 162 Å². The molecule has 1 saturated heterocycles. The van der Waals surface area contributed by atoms with Crippen LogP contribution in [0.4, 0.5) is 4.79 Å². The third-order valence-electron chi connectivity index (χ3n) is 5.01. The van der Waals surface area contributed by atoms with E-state index >= 15 is 0 Å².